The lowest BCUT2D eigenvalue weighted by Gasteiger charge is -2.16. The van der Waals surface area contributed by atoms with E-state index in [1.165, 1.54) is 31.2 Å². The minimum absolute atomic E-state index is 0.0637. The molecule has 2 amide bonds. The van der Waals surface area contributed by atoms with Crippen LogP contribution in [0.25, 0.3) is 6.08 Å². The standard InChI is InChI=1S/C19H24N2O6/c1-21(11-17(22)20-14-6-7-14)18(23)12-27-19(24)9-5-13-4-8-15(25-2)10-16(13)26-3/h4-5,8-10,14H,6-7,11-12H2,1-3H3,(H,20,22)/b9-5+. The smallest absolute Gasteiger partial charge is 0.331 e. The summed E-state index contributed by atoms with van der Waals surface area (Å²) in [6, 6.07) is 5.40. The van der Waals surface area contributed by atoms with Gasteiger partial charge in [0.1, 0.15) is 11.5 Å². The summed E-state index contributed by atoms with van der Waals surface area (Å²) in [4.78, 5) is 36.6. The van der Waals surface area contributed by atoms with Crippen LogP contribution in [0.3, 0.4) is 0 Å². The van der Waals surface area contributed by atoms with E-state index in [1.807, 2.05) is 0 Å². The quantitative estimate of drug-likeness (QED) is 0.510. The van der Waals surface area contributed by atoms with Crippen molar-refractivity contribution >= 4 is 23.9 Å². The number of carbonyl (C=O) groups excluding carboxylic acids is 3. The van der Waals surface area contributed by atoms with Gasteiger partial charge in [0.25, 0.3) is 5.91 Å². The number of benzene rings is 1. The van der Waals surface area contributed by atoms with Crippen molar-refractivity contribution in [3.8, 4) is 11.5 Å². The molecule has 1 fully saturated rings. The van der Waals surface area contributed by atoms with E-state index in [-0.39, 0.29) is 18.5 Å². The van der Waals surface area contributed by atoms with Crippen molar-refractivity contribution in [2.24, 2.45) is 0 Å². The van der Waals surface area contributed by atoms with Gasteiger partial charge in [0.15, 0.2) is 6.61 Å². The molecule has 8 heteroatoms. The van der Waals surface area contributed by atoms with Gasteiger partial charge in [-0.05, 0) is 31.1 Å². The largest absolute Gasteiger partial charge is 0.497 e. The molecule has 0 atom stereocenters. The summed E-state index contributed by atoms with van der Waals surface area (Å²) in [5.74, 6) is -0.172. The van der Waals surface area contributed by atoms with Gasteiger partial charge in [-0.15, -0.1) is 0 Å². The van der Waals surface area contributed by atoms with E-state index in [9.17, 15) is 14.4 Å². The van der Waals surface area contributed by atoms with Crippen molar-refractivity contribution in [3.05, 3.63) is 29.8 Å². The van der Waals surface area contributed by atoms with Gasteiger partial charge in [0, 0.05) is 30.8 Å². The summed E-state index contributed by atoms with van der Waals surface area (Å²) < 4.78 is 15.3. The Balaban J connectivity index is 1.80. The van der Waals surface area contributed by atoms with Crippen molar-refractivity contribution in [1.29, 1.82) is 0 Å². The molecule has 1 aliphatic carbocycles. The second-order valence-corrected chi connectivity index (χ2v) is 6.14. The van der Waals surface area contributed by atoms with Gasteiger partial charge in [-0.25, -0.2) is 4.79 Å². The van der Waals surface area contributed by atoms with Crippen molar-refractivity contribution in [2.75, 3.05) is 34.4 Å². The molecular weight excluding hydrogens is 352 g/mol. The molecule has 0 heterocycles. The topological polar surface area (TPSA) is 94.2 Å². The molecule has 27 heavy (non-hydrogen) atoms. The van der Waals surface area contributed by atoms with Gasteiger partial charge < -0.3 is 24.4 Å². The third-order valence-electron chi connectivity index (χ3n) is 3.93. The molecule has 1 saturated carbocycles. The first kappa shape index (κ1) is 20.3. The molecule has 0 unspecified atom stereocenters. The first-order valence-electron chi connectivity index (χ1n) is 8.53. The number of likely N-dealkylation sites (N-methyl/N-ethyl adjacent to an activating group) is 1. The van der Waals surface area contributed by atoms with E-state index < -0.39 is 18.5 Å². The molecule has 0 aromatic heterocycles. The third-order valence-corrected chi connectivity index (χ3v) is 3.93. The highest BCUT2D eigenvalue weighted by molar-refractivity contribution is 5.90. The molecule has 146 valence electrons. The Hall–Kier alpha value is -3.03. The summed E-state index contributed by atoms with van der Waals surface area (Å²) in [6.07, 6.45) is 4.69. The number of hydrogen-bond donors (Lipinski definition) is 1. The van der Waals surface area contributed by atoms with E-state index in [1.54, 1.807) is 25.3 Å². The fourth-order valence-electron chi connectivity index (χ4n) is 2.21. The van der Waals surface area contributed by atoms with Crippen molar-refractivity contribution in [2.45, 2.75) is 18.9 Å². The Morgan fingerprint density at radius 2 is 1.96 bits per heavy atom. The number of amides is 2. The molecule has 0 saturated heterocycles. The lowest BCUT2D eigenvalue weighted by Crippen LogP contribution is -2.40. The van der Waals surface area contributed by atoms with Crippen molar-refractivity contribution < 1.29 is 28.6 Å². The molecule has 0 bridgehead atoms. The van der Waals surface area contributed by atoms with E-state index >= 15 is 0 Å². The van der Waals surface area contributed by atoms with Crippen LogP contribution < -0.4 is 14.8 Å². The first-order chi connectivity index (χ1) is 12.9. The maximum absolute atomic E-state index is 11.9. The van der Waals surface area contributed by atoms with E-state index in [2.05, 4.69) is 5.32 Å². The van der Waals surface area contributed by atoms with Crippen LogP contribution >= 0.6 is 0 Å². The molecule has 1 aromatic rings. The summed E-state index contributed by atoms with van der Waals surface area (Å²) >= 11 is 0. The number of ether oxygens (including phenoxy) is 3. The number of carbonyl (C=O) groups is 3. The Bertz CT molecular complexity index is 727. The highest BCUT2D eigenvalue weighted by Crippen LogP contribution is 2.25. The van der Waals surface area contributed by atoms with Gasteiger partial charge in [0.2, 0.25) is 5.91 Å². The minimum atomic E-state index is -0.669. The van der Waals surface area contributed by atoms with Crippen LogP contribution in [0.5, 0.6) is 11.5 Å². The second kappa shape index (κ2) is 9.61. The van der Waals surface area contributed by atoms with Gasteiger partial charge in [-0.1, -0.05) is 0 Å². The zero-order valence-electron chi connectivity index (χ0n) is 15.7. The van der Waals surface area contributed by atoms with Crippen molar-refractivity contribution in [3.63, 3.8) is 0 Å². The molecular formula is C19H24N2O6. The van der Waals surface area contributed by atoms with Crippen LogP contribution in [0.1, 0.15) is 18.4 Å². The number of esters is 1. The summed E-state index contributed by atoms with van der Waals surface area (Å²) in [7, 11) is 4.55. The highest BCUT2D eigenvalue weighted by atomic mass is 16.5. The van der Waals surface area contributed by atoms with Crippen LogP contribution in [0.4, 0.5) is 0 Å². The normalized spacial score (nSPS) is 13.1. The summed E-state index contributed by atoms with van der Waals surface area (Å²) in [5, 5.41) is 2.79. The first-order valence-corrected chi connectivity index (χ1v) is 8.53. The van der Waals surface area contributed by atoms with Gasteiger partial charge >= 0.3 is 5.97 Å². The Morgan fingerprint density at radius 3 is 2.59 bits per heavy atom. The number of nitrogens with one attached hydrogen (secondary N) is 1. The Morgan fingerprint density at radius 1 is 1.22 bits per heavy atom. The predicted molar refractivity (Wildman–Crippen MR) is 98.3 cm³/mol. The monoisotopic (exact) mass is 376 g/mol. The number of nitrogens with zero attached hydrogens (tertiary/aromatic N) is 1. The Labute approximate surface area is 158 Å². The van der Waals surface area contributed by atoms with E-state index in [0.29, 0.717) is 17.1 Å². The van der Waals surface area contributed by atoms with Crippen molar-refractivity contribution in [1.82, 2.24) is 10.2 Å². The SMILES string of the molecule is COc1ccc(/C=C/C(=O)OCC(=O)N(C)CC(=O)NC2CC2)c(OC)c1. The molecule has 0 spiro atoms. The summed E-state index contributed by atoms with van der Waals surface area (Å²) in [6.45, 7) is -0.498. The number of rotatable bonds is 9. The molecule has 0 aliphatic heterocycles. The highest BCUT2D eigenvalue weighted by Gasteiger charge is 2.24. The number of hydrogen-bond acceptors (Lipinski definition) is 6. The molecule has 1 aromatic carbocycles. The fourth-order valence-corrected chi connectivity index (χ4v) is 2.21. The Kier molecular flexibility index (Phi) is 7.22. The molecule has 2 rings (SSSR count). The van der Waals surface area contributed by atoms with Gasteiger partial charge in [-0.2, -0.15) is 0 Å². The molecule has 1 aliphatic rings. The minimum Gasteiger partial charge on any atom is -0.497 e. The summed E-state index contributed by atoms with van der Waals surface area (Å²) in [5.41, 5.74) is 0.662. The third kappa shape index (κ3) is 6.65. The molecule has 1 N–H and O–H groups in total. The van der Waals surface area contributed by atoms with Crippen LogP contribution in [0, 0.1) is 0 Å². The average Bonchev–Trinajstić information content (AvgIpc) is 3.47. The predicted octanol–water partition coefficient (Wildman–Crippen LogP) is 0.997. The van der Waals surface area contributed by atoms with E-state index in [0.717, 1.165) is 12.8 Å². The average molecular weight is 376 g/mol. The second-order valence-electron chi connectivity index (χ2n) is 6.14. The van der Waals surface area contributed by atoms with Crippen LogP contribution in [0.15, 0.2) is 24.3 Å². The van der Waals surface area contributed by atoms with E-state index in [4.69, 9.17) is 14.2 Å². The van der Waals surface area contributed by atoms with Crippen LogP contribution in [-0.4, -0.2) is 63.1 Å². The lowest BCUT2D eigenvalue weighted by molar-refractivity contribution is -0.148. The maximum atomic E-state index is 11.9. The molecule has 0 radical (unpaired) electrons. The fraction of sp³-hybridized carbons (Fsp3) is 0.421. The zero-order chi connectivity index (χ0) is 19.8. The van der Waals surface area contributed by atoms with Crippen LogP contribution in [0.2, 0.25) is 0 Å². The maximum Gasteiger partial charge on any atom is 0.331 e. The lowest BCUT2D eigenvalue weighted by atomic mass is 10.2. The number of methoxy groups -OCH3 is 2. The molecule has 8 nitrogen and oxygen atoms in total. The van der Waals surface area contributed by atoms with Gasteiger partial charge in [0.05, 0.1) is 20.8 Å². The van der Waals surface area contributed by atoms with Crippen LogP contribution in [-0.2, 0) is 19.1 Å². The zero-order valence-corrected chi connectivity index (χ0v) is 15.7. The van der Waals surface area contributed by atoms with Gasteiger partial charge in [-0.3, -0.25) is 9.59 Å².